The summed E-state index contributed by atoms with van der Waals surface area (Å²) >= 11 is 3.34. The SMILES string of the molecule is Cc1cc(NC(=O)c2cc3ccccc3oc2=O)ncc1Br. The molecule has 3 rings (SSSR count). The lowest BCUT2D eigenvalue weighted by atomic mass is 10.2. The van der Waals surface area contributed by atoms with Gasteiger partial charge >= 0.3 is 5.63 Å². The lowest BCUT2D eigenvalue weighted by Crippen LogP contribution is -2.21. The molecule has 0 radical (unpaired) electrons. The van der Waals surface area contributed by atoms with E-state index < -0.39 is 11.5 Å². The minimum Gasteiger partial charge on any atom is -0.422 e. The molecule has 5 nitrogen and oxygen atoms in total. The Morgan fingerprint density at radius 3 is 2.82 bits per heavy atom. The number of aryl methyl sites for hydroxylation is 1. The number of nitrogens with zero attached hydrogens (tertiary/aromatic N) is 1. The summed E-state index contributed by atoms with van der Waals surface area (Å²) in [6.45, 7) is 1.88. The van der Waals surface area contributed by atoms with Gasteiger partial charge in [0.25, 0.3) is 5.91 Å². The first-order chi connectivity index (χ1) is 10.5. The van der Waals surface area contributed by atoms with Crippen molar-refractivity contribution in [1.29, 1.82) is 0 Å². The molecule has 0 aliphatic rings. The summed E-state index contributed by atoms with van der Waals surface area (Å²) in [5.74, 6) is -0.174. The van der Waals surface area contributed by atoms with Crippen molar-refractivity contribution in [2.45, 2.75) is 6.92 Å². The molecule has 0 bridgehead atoms. The summed E-state index contributed by atoms with van der Waals surface area (Å²) in [7, 11) is 0. The van der Waals surface area contributed by atoms with Gasteiger partial charge in [-0.15, -0.1) is 0 Å². The van der Waals surface area contributed by atoms with Gasteiger partial charge in [0.2, 0.25) is 0 Å². The van der Waals surface area contributed by atoms with E-state index in [2.05, 4.69) is 26.2 Å². The van der Waals surface area contributed by atoms with Crippen molar-refractivity contribution in [2.75, 3.05) is 5.32 Å². The molecular weight excluding hydrogens is 348 g/mol. The third-order valence-electron chi connectivity index (χ3n) is 3.17. The number of rotatable bonds is 2. The van der Waals surface area contributed by atoms with Crippen LogP contribution in [0.3, 0.4) is 0 Å². The number of para-hydroxylation sites is 1. The van der Waals surface area contributed by atoms with E-state index in [1.807, 2.05) is 13.0 Å². The predicted octanol–water partition coefficient (Wildman–Crippen LogP) is 3.51. The number of benzene rings is 1. The maximum Gasteiger partial charge on any atom is 0.349 e. The Bertz CT molecular complexity index is 934. The number of nitrogens with one attached hydrogen (secondary N) is 1. The molecule has 2 heterocycles. The van der Waals surface area contributed by atoms with Gasteiger partial charge in [-0.1, -0.05) is 18.2 Å². The molecule has 0 unspecified atom stereocenters. The number of aromatic nitrogens is 1. The minimum atomic E-state index is -0.676. The maximum atomic E-state index is 12.3. The normalized spacial score (nSPS) is 10.6. The fraction of sp³-hybridized carbons (Fsp3) is 0.0625. The van der Waals surface area contributed by atoms with Crippen LogP contribution in [0.2, 0.25) is 0 Å². The summed E-state index contributed by atoms with van der Waals surface area (Å²) < 4.78 is 5.99. The zero-order valence-electron chi connectivity index (χ0n) is 11.6. The van der Waals surface area contributed by atoms with Gasteiger partial charge in [-0.25, -0.2) is 9.78 Å². The van der Waals surface area contributed by atoms with E-state index in [-0.39, 0.29) is 5.56 Å². The number of halogens is 1. The summed E-state index contributed by atoms with van der Waals surface area (Å²) in [6.07, 6.45) is 1.59. The van der Waals surface area contributed by atoms with E-state index in [1.54, 1.807) is 30.5 Å². The Balaban J connectivity index is 1.96. The summed E-state index contributed by atoms with van der Waals surface area (Å²) in [6, 6.07) is 10.3. The number of hydrogen-bond acceptors (Lipinski definition) is 4. The maximum absolute atomic E-state index is 12.3. The predicted molar refractivity (Wildman–Crippen MR) is 87.1 cm³/mol. The van der Waals surface area contributed by atoms with Crippen molar-refractivity contribution >= 4 is 38.6 Å². The zero-order chi connectivity index (χ0) is 15.7. The third kappa shape index (κ3) is 2.78. The first-order valence-electron chi connectivity index (χ1n) is 6.51. The van der Waals surface area contributed by atoms with Crippen LogP contribution in [-0.2, 0) is 0 Å². The second-order valence-corrected chi connectivity index (χ2v) is 5.61. The van der Waals surface area contributed by atoms with E-state index in [0.29, 0.717) is 16.8 Å². The number of pyridine rings is 1. The van der Waals surface area contributed by atoms with Crippen LogP contribution in [0.4, 0.5) is 5.82 Å². The Labute approximate surface area is 134 Å². The van der Waals surface area contributed by atoms with Crippen LogP contribution >= 0.6 is 15.9 Å². The average molecular weight is 359 g/mol. The minimum absolute atomic E-state index is 0.0546. The molecule has 22 heavy (non-hydrogen) atoms. The molecule has 6 heteroatoms. The average Bonchev–Trinajstić information content (AvgIpc) is 2.50. The number of amides is 1. The summed E-state index contributed by atoms with van der Waals surface area (Å²) in [4.78, 5) is 28.3. The summed E-state index contributed by atoms with van der Waals surface area (Å²) in [5.41, 5.74) is 0.642. The van der Waals surface area contributed by atoms with Crippen LogP contribution in [0, 0.1) is 6.92 Å². The van der Waals surface area contributed by atoms with E-state index >= 15 is 0 Å². The van der Waals surface area contributed by atoms with E-state index in [4.69, 9.17) is 4.42 Å². The van der Waals surface area contributed by atoms with Gasteiger partial charge in [0.15, 0.2) is 0 Å². The lowest BCUT2D eigenvalue weighted by molar-refractivity contribution is 0.102. The second-order valence-electron chi connectivity index (χ2n) is 4.76. The molecule has 1 N–H and O–H groups in total. The van der Waals surface area contributed by atoms with Crippen LogP contribution in [0.25, 0.3) is 11.0 Å². The Morgan fingerprint density at radius 1 is 1.27 bits per heavy atom. The van der Waals surface area contributed by atoms with Gasteiger partial charge in [0, 0.05) is 16.1 Å². The number of carbonyl (C=O) groups excluding carboxylic acids is 1. The Hall–Kier alpha value is -2.47. The molecule has 110 valence electrons. The van der Waals surface area contributed by atoms with Crippen molar-refractivity contribution in [1.82, 2.24) is 4.98 Å². The van der Waals surface area contributed by atoms with Crippen molar-refractivity contribution in [2.24, 2.45) is 0 Å². The first kappa shape index (κ1) is 14.5. The largest absolute Gasteiger partial charge is 0.422 e. The quantitative estimate of drug-likeness (QED) is 0.711. The lowest BCUT2D eigenvalue weighted by Gasteiger charge is -2.06. The summed E-state index contributed by atoms with van der Waals surface area (Å²) in [5, 5.41) is 3.29. The van der Waals surface area contributed by atoms with Gasteiger partial charge in [-0.05, 0) is 46.6 Å². The van der Waals surface area contributed by atoms with Crippen molar-refractivity contribution in [3.63, 3.8) is 0 Å². The molecule has 0 aliphatic heterocycles. The number of hydrogen-bond donors (Lipinski definition) is 1. The second kappa shape index (κ2) is 5.73. The Morgan fingerprint density at radius 2 is 2.05 bits per heavy atom. The fourth-order valence-corrected chi connectivity index (χ4v) is 2.23. The van der Waals surface area contributed by atoms with Crippen molar-refractivity contribution in [3.8, 4) is 0 Å². The van der Waals surface area contributed by atoms with Crippen LogP contribution in [0.5, 0.6) is 0 Å². The molecule has 0 fully saturated rings. The highest BCUT2D eigenvalue weighted by Gasteiger charge is 2.14. The highest BCUT2D eigenvalue weighted by molar-refractivity contribution is 9.10. The first-order valence-corrected chi connectivity index (χ1v) is 7.30. The van der Waals surface area contributed by atoms with Crippen LogP contribution < -0.4 is 10.9 Å². The molecule has 2 aromatic heterocycles. The molecule has 1 aromatic carbocycles. The van der Waals surface area contributed by atoms with Crippen molar-refractivity contribution < 1.29 is 9.21 Å². The van der Waals surface area contributed by atoms with E-state index in [1.165, 1.54) is 6.07 Å². The van der Waals surface area contributed by atoms with Crippen LogP contribution in [0.1, 0.15) is 15.9 Å². The number of anilines is 1. The monoisotopic (exact) mass is 358 g/mol. The van der Waals surface area contributed by atoms with E-state index in [0.717, 1.165) is 10.0 Å². The molecule has 3 aromatic rings. The molecule has 0 saturated heterocycles. The Kier molecular flexibility index (Phi) is 3.77. The van der Waals surface area contributed by atoms with Gasteiger partial charge in [-0.3, -0.25) is 4.79 Å². The zero-order valence-corrected chi connectivity index (χ0v) is 13.2. The molecule has 0 atom stereocenters. The van der Waals surface area contributed by atoms with Gasteiger partial charge in [-0.2, -0.15) is 0 Å². The molecule has 0 spiro atoms. The van der Waals surface area contributed by atoms with E-state index in [9.17, 15) is 9.59 Å². The van der Waals surface area contributed by atoms with Gasteiger partial charge in [0.1, 0.15) is 17.0 Å². The highest BCUT2D eigenvalue weighted by atomic mass is 79.9. The molecular formula is C16H11BrN2O3. The fourth-order valence-electron chi connectivity index (χ4n) is 2.01. The van der Waals surface area contributed by atoms with Crippen LogP contribution in [0.15, 0.2) is 56.3 Å². The third-order valence-corrected chi connectivity index (χ3v) is 4.00. The van der Waals surface area contributed by atoms with Gasteiger partial charge in [0.05, 0.1) is 0 Å². The standard InChI is InChI=1S/C16H11BrN2O3/c1-9-6-14(18-8-12(9)17)19-15(20)11-7-10-4-2-3-5-13(10)22-16(11)21/h2-8H,1H3,(H,18,19,20). The van der Waals surface area contributed by atoms with Crippen LogP contribution in [-0.4, -0.2) is 10.9 Å². The topological polar surface area (TPSA) is 72.2 Å². The highest BCUT2D eigenvalue weighted by Crippen LogP contribution is 2.18. The van der Waals surface area contributed by atoms with Crippen molar-refractivity contribution in [3.05, 3.63) is 68.6 Å². The number of carbonyl (C=O) groups is 1. The molecule has 0 aliphatic carbocycles. The molecule has 1 amide bonds. The number of fused-ring (bicyclic) bond motifs is 1. The molecule has 0 saturated carbocycles. The smallest absolute Gasteiger partial charge is 0.349 e. The van der Waals surface area contributed by atoms with Gasteiger partial charge < -0.3 is 9.73 Å².